The van der Waals surface area contributed by atoms with E-state index in [-0.39, 0.29) is 5.91 Å². The van der Waals surface area contributed by atoms with Gasteiger partial charge in [-0.1, -0.05) is 72.0 Å². The van der Waals surface area contributed by atoms with Crippen molar-refractivity contribution >= 4 is 51.9 Å². The average Bonchev–Trinajstić information content (AvgIpc) is 3.10. The molecule has 168 valence electrons. The minimum atomic E-state index is -0.0541. The van der Waals surface area contributed by atoms with Crippen LogP contribution >= 0.6 is 35.6 Å². The Morgan fingerprint density at radius 3 is 2.24 bits per heavy atom. The summed E-state index contributed by atoms with van der Waals surface area (Å²) in [5.41, 5.74) is 3.09. The summed E-state index contributed by atoms with van der Waals surface area (Å²) in [6, 6.07) is 23.1. The molecule has 1 aliphatic rings. The van der Waals surface area contributed by atoms with Crippen LogP contribution in [0.3, 0.4) is 0 Å². The maximum Gasteiger partial charge on any atom is 0.266 e. The third-order valence-corrected chi connectivity index (χ3v) is 6.78. The van der Waals surface area contributed by atoms with Crippen molar-refractivity contribution in [2.24, 2.45) is 0 Å². The quantitative estimate of drug-likeness (QED) is 0.268. The molecule has 0 bridgehead atoms. The minimum Gasteiger partial charge on any atom is -0.497 e. The molecule has 0 unspecified atom stereocenters. The number of carbonyl (C=O) groups excluding carboxylic acids is 1. The van der Waals surface area contributed by atoms with Crippen molar-refractivity contribution in [3.8, 4) is 11.5 Å². The van der Waals surface area contributed by atoms with Crippen molar-refractivity contribution in [1.29, 1.82) is 0 Å². The van der Waals surface area contributed by atoms with Crippen LogP contribution in [0.15, 0.2) is 77.7 Å². The van der Waals surface area contributed by atoms with E-state index in [9.17, 15) is 4.79 Å². The maximum absolute atomic E-state index is 12.9. The zero-order chi connectivity index (χ0) is 23.2. The molecule has 1 aliphatic heterocycles. The molecule has 0 aliphatic carbocycles. The summed E-state index contributed by atoms with van der Waals surface area (Å²) in [4.78, 5) is 15.2. The summed E-state index contributed by atoms with van der Waals surface area (Å²) >= 11 is 12.7. The lowest BCUT2D eigenvalue weighted by atomic mass is 10.1. The number of methoxy groups -OCH3 is 1. The molecule has 1 heterocycles. The molecular weight excluding hydrogens is 474 g/mol. The molecule has 0 N–H and O–H groups in total. The SMILES string of the molecule is COc1ccc(CCN2C(=O)/C(=C/c3ccc(OCc4ccc(Cl)cc4)cc3)SC2=S)cc1. The molecule has 33 heavy (non-hydrogen) atoms. The molecule has 0 saturated carbocycles. The predicted molar refractivity (Wildman–Crippen MR) is 139 cm³/mol. The lowest BCUT2D eigenvalue weighted by molar-refractivity contribution is -0.122. The molecule has 0 aromatic heterocycles. The van der Waals surface area contributed by atoms with Gasteiger partial charge in [0.25, 0.3) is 5.91 Å². The van der Waals surface area contributed by atoms with E-state index in [1.54, 1.807) is 12.0 Å². The third kappa shape index (κ3) is 6.16. The Balaban J connectivity index is 1.34. The Labute approximate surface area is 208 Å². The molecule has 0 radical (unpaired) electrons. The molecule has 1 fully saturated rings. The van der Waals surface area contributed by atoms with Crippen molar-refractivity contribution in [2.45, 2.75) is 13.0 Å². The average molecular weight is 496 g/mol. The lowest BCUT2D eigenvalue weighted by Crippen LogP contribution is -2.30. The van der Waals surface area contributed by atoms with Crippen LogP contribution in [0.4, 0.5) is 0 Å². The Bertz CT molecular complexity index is 1160. The molecule has 0 spiro atoms. The van der Waals surface area contributed by atoms with Gasteiger partial charge in [0.15, 0.2) is 0 Å². The Morgan fingerprint density at radius 2 is 1.58 bits per heavy atom. The van der Waals surface area contributed by atoms with Gasteiger partial charge in [-0.3, -0.25) is 9.69 Å². The van der Waals surface area contributed by atoms with Crippen molar-refractivity contribution in [2.75, 3.05) is 13.7 Å². The number of amides is 1. The Morgan fingerprint density at radius 1 is 0.939 bits per heavy atom. The summed E-state index contributed by atoms with van der Waals surface area (Å²) in [5, 5.41) is 0.703. The fourth-order valence-electron chi connectivity index (χ4n) is 3.28. The number of benzene rings is 3. The van der Waals surface area contributed by atoms with Gasteiger partial charge in [0.05, 0.1) is 12.0 Å². The van der Waals surface area contributed by atoms with E-state index in [0.29, 0.717) is 27.4 Å². The zero-order valence-electron chi connectivity index (χ0n) is 18.0. The first-order valence-electron chi connectivity index (χ1n) is 10.4. The van der Waals surface area contributed by atoms with E-state index < -0.39 is 0 Å². The Kier molecular flexibility index (Phi) is 7.70. The largest absolute Gasteiger partial charge is 0.497 e. The first kappa shape index (κ1) is 23.4. The molecule has 4 nitrogen and oxygen atoms in total. The number of ether oxygens (including phenoxy) is 2. The highest BCUT2D eigenvalue weighted by molar-refractivity contribution is 8.26. The number of nitrogens with zero attached hydrogens (tertiary/aromatic N) is 1. The van der Waals surface area contributed by atoms with Crippen LogP contribution in [0.1, 0.15) is 16.7 Å². The van der Waals surface area contributed by atoms with Crippen LogP contribution in [0.5, 0.6) is 11.5 Å². The van der Waals surface area contributed by atoms with E-state index in [1.165, 1.54) is 11.8 Å². The van der Waals surface area contributed by atoms with E-state index in [2.05, 4.69) is 0 Å². The summed E-state index contributed by atoms with van der Waals surface area (Å²) < 4.78 is 11.6. The Hall–Kier alpha value is -2.80. The standard InChI is InChI=1S/C26H22ClNO3S2/c1-30-22-10-4-18(5-11-22)14-15-28-25(29)24(33-26(28)32)16-19-6-12-23(13-7-19)31-17-20-2-8-21(27)9-3-20/h2-13,16H,14-15,17H2,1H3/b24-16-. The summed E-state index contributed by atoms with van der Waals surface area (Å²) in [7, 11) is 1.64. The van der Waals surface area contributed by atoms with Gasteiger partial charge in [0.1, 0.15) is 22.4 Å². The smallest absolute Gasteiger partial charge is 0.266 e. The number of carbonyl (C=O) groups is 1. The van der Waals surface area contributed by atoms with E-state index in [1.807, 2.05) is 78.9 Å². The van der Waals surface area contributed by atoms with Gasteiger partial charge in [-0.05, 0) is 65.6 Å². The second kappa shape index (κ2) is 10.9. The van der Waals surface area contributed by atoms with E-state index in [4.69, 9.17) is 33.3 Å². The van der Waals surface area contributed by atoms with E-state index >= 15 is 0 Å². The molecule has 1 saturated heterocycles. The van der Waals surface area contributed by atoms with Gasteiger partial charge in [-0.2, -0.15) is 0 Å². The molecule has 0 atom stereocenters. The molecular formula is C26H22ClNO3S2. The van der Waals surface area contributed by atoms with Crippen molar-refractivity contribution < 1.29 is 14.3 Å². The second-order valence-corrected chi connectivity index (χ2v) is 9.53. The predicted octanol–water partition coefficient (Wildman–Crippen LogP) is 6.37. The molecule has 3 aromatic carbocycles. The van der Waals surface area contributed by atoms with E-state index in [0.717, 1.165) is 34.6 Å². The van der Waals surface area contributed by atoms with Crippen LogP contribution in [0.2, 0.25) is 5.02 Å². The van der Waals surface area contributed by atoms with Crippen molar-refractivity contribution in [1.82, 2.24) is 4.90 Å². The summed E-state index contributed by atoms with van der Waals surface area (Å²) in [6.45, 7) is 1.01. The van der Waals surface area contributed by atoms with Crippen molar-refractivity contribution in [3.63, 3.8) is 0 Å². The topological polar surface area (TPSA) is 38.8 Å². The first-order chi connectivity index (χ1) is 16.0. The van der Waals surface area contributed by atoms with Crippen LogP contribution in [0.25, 0.3) is 6.08 Å². The highest BCUT2D eigenvalue weighted by atomic mass is 35.5. The van der Waals surface area contributed by atoms with Crippen LogP contribution < -0.4 is 9.47 Å². The molecule has 1 amide bonds. The normalized spacial score (nSPS) is 14.7. The monoisotopic (exact) mass is 495 g/mol. The lowest BCUT2D eigenvalue weighted by Gasteiger charge is -2.14. The van der Waals surface area contributed by atoms with Gasteiger partial charge in [0, 0.05) is 11.6 Å². The fourth-order valence-corrected chi connectivity index (χ4v) is 4.72. The highest BCUT2D eigenvalue weighted by Gasteiger charge is 2.31. The zero-order valence-corrected chi connectivity index (χ0v) is 20.4. The van der Waals surface area contributed by atoms with Crippen LogP contribution in [-0.2, 0) is 17.8 Å². The number of halogens is 1. The number of rotatable bonds is 8. The van der Waals surface area contributed by atoms with Crippen LogP contribution in [0, 0.1) is 0 Å². The van der Waals surface area contributed by atoms with Crippen LogP contribution in [-0.4, -0.2) is 28.8 Å². The first-order valence-corrected chi connectivity index (χ1v) is 12.0. The number of hydrogen-bond donors (Lipinski definition) is 0. The minimum absolute atomic E-state index is 0.0541. The van der Waals surface area contributed by atoms with Gasteiger partial charge in [0.2, 0.25) is 0 Å². The number of thiocarbonyl (C=S) groups is 1. The van der Waals surface area contributed by atoms with Gasteiger partial charge < -0.3 is 9.47 Å². The van der Waals surface area contributed by atoms with Gasteiger partial charge >= 0.3 is 0 Å². The summed E-state index contributed by atoms with van der Waals surface area (Å²) in [5.74, 6) is 1.52. The highest BCUT2D eigenvalue weighted by Crippen LogP contribution is 2.33. The molecule has 7 heteroatoms. The van der Waals surface area contributed by atoms with Gasteiger partial charge in [-0.25, -0.2) is 0 Å². The maximum atomic E-state index is 12.9. The number of thioether (sulfide) groups is 1. The third-order valence-electron chi connectivity index (χ3n) is 5.15. The second-order valence-electron chi connectivity index (χ2n) is 7.42. The summed E-state index contributed by atoms with van der Waals surface area (Å²) in [6.07, 6.45) is 2.60. The molecule has 4 rings (SSSR count). The van der Waals surface area contributed by atoms with Gasteiger partial charge in [-0.15, -0.1) is 0 Å². The molecule has 3 aromatic rings. The number of hydrogen-bond acceptors (Lipinski definition) is 5. The fraction of sp³-hybridized carbons (Fsp3) is 0.154. The van der Waals surface area contributed by atoms with Crippen molar-refractivity contribution in [3.05, 3.63) is 99.4 Å².